The molecule has 1 aromatic heterocycles. The molecule has 0 aliphatic rings. The van der Waals surface area contributed by atoms with Crippen LogP contribution in [0.3, 0.4) is 0 Å². The Balaban J connectivity index is 1.86. The van der Waals surface area contributed by atoms with Crippen molar-refractivity contribution in [3.05, 3.63) is 41.6 Å². The zero-order chi connectivity index (χ0) is 16.8. The maximum Gasteiger partial charge on any atom is 0.228 e. The molecule has 124 valence electrons. The minimum absolute atomic E-state index is 0.0691. The number of nitrogens with one attached hydrogen (secondary N) is 1. The number of ether oxygens (including phenoxy) is 1. The van der Waals surface area contributed by atoms with Crippen molar-refractivity contribution in [3.8, 4) is 5.75 Å². The molecule has 0 aliphatic carbocycles. The van der Waals surface area contributed by atoms with E-state index in [0.29, 0.717) is 13.0 Å². The second-order valence-electron chi connectivity index (χ2n) is 5.83. The van der Waals surface area contributed by atoms with Crippen molar-refractivity contribution < 1.29 is 9.53 Å². The van der Waals surface area contributed by atoms with Gasteiger partial charge in [-0.2, -0.15) is 5.10 Å². The normalized spacial score (nSPS) is 12.0. The lowest BCUT2D eigenvalue weighted by molar-refractivity contribution is -0.116. The Morgan fingerprint density at radius 3 is 2.87 bits per heavy atom. The predicted octanol–water partition coefficient (Wildman–Crippen LogP) is 3.88. The van der Waals surface area contributed by atoms with Gasteiger partial charge in [0.05, 0.1) is 25.3 Å². The summed E-state index contributed by atoms with van der Waals surface area (Å²) in [5, 5.41) is 7.16. The number of anilines is 1. The Bertz CT molecular complexity index is 664. The summed E-state index contributed by atoms with van der Waals surface area (Å²) in [5.74, 6) is 1.50. The van der Waals surface area contributed by atoms with Gasteiger partial charge in [0.15, 0.2) is 0 Å². The Morgan fingerprint density at radius 1 is 1.35 bits per heavy atom. The van der Waals surface area contributed by atoms with E-state index in [1.807, 2.05) is 42.8 Å². The average molecular weight is 315 g/mol. The summed E-state index contributed by atoms with van der Waals surface area (Å²) in [7, 11) is 0. The molecular weight excluding hydrogens is 290 g/mol. The van der Waals surface area contributed by atoms with E-state index in [-0.39, 0.29) is 11.9 Å². The molecule has 2 aromatic rings. The van der Waals surface area contributed by atoms with Crippen molar-refractivity contribution in [2.45, 2.75) is 46.6 Å². The first kappa shape index (κ1) is 17.1. The first-order valence-electron chi connectivity index (χ1n) is 8.04. The fourth-order valence-electron chi connectivity index (χ4n) is 2.26. The second-order valence-corrected chi connectivity index (χ2v) is 5.83. The summed E-state index contributed by atoms with van der Waals surface area (Å²) in [6, 6.07) is 8.13. The molecule has 0 bridgehead atoms. The number of aromatic nitrogens is 2. The number of nitrogens with zero attached hydrogens (tertiary/aromatic N) is 2. The van der Waals surface area contributed by atoms with E-state index in [1.54, 1.807) is 6.20 Å². The van der Waals surface area contributed by atoms with E-state index in [0.717, 1.165) is 29.1 Å². The zero-order valence-electron chi connectivity index (χ0n) is 14.3. The molecule has 1 N–H and O–H groups in total. The van der Waals surface area contributed by atoms with E-state index in [1.165, 1.54) is 0 Å². The number of carbonyl (C=O) groups excluding carboxylic acids is 1. The third-order valence-corrected chi connectivity index (χ3v) is 3.88. The van der Waals surface area contributed by atoms with Crippen LogP contribution in [0.15, 0.2) is 30.5 Å². The van der Waals surface area contributed by atoms with Gasteiger partial charge in [-0.3, -0.25) is 4.79 Å². The van der Waals surface area contributed by atoms with Gasteiger partial charge in [-0.05, 0) is 44.4 Å². The highest BCUT2D eigenvalue weighted by molar-refractivity contribution is 5.89. The minimum atomic E-state index is -0.0691. The monoisotopic (exact) mass is 315 g/mol. The van der Waals surface area contributed by atoms with Crippen molar-refractivity contribution in [2.75, 3.05) is 11.9 Å². The number of aryl methyl sites for hydroxylation is 2. The van der Waals surface area contributed by atoms with Crippen LogP contribution in [0.4, 0.5) is 5.82 Å². The molecule has 0 spiro atoms. The molecule has 0 radical (unpaired) electrons. The fraction of sp³-hybridized carbons (Fsp3) is 0.444. The highest BCUT2D eigenvalue weighted by atomic mass is 16.5. The van der Waals surface area contributed by atoms with Gasteiger partial charge < -0.3 is 10.1 Å². The molecule has 0 fully saturated rings. The predicted molar refractivity (Wildman–Crippen MR) is 91.9 cm³/mol. The molecule has 5 nitrogen and oxygen atoms in total. The Labute approximate surface area is 137 Å². The van der Waals surface area contributed by atoms with Crippen molar-refractivity contribution in [1.29, 1.82) is 0 Å². The minimum Gasteiger partial charge on any atom is -0.493 e. The SMILES string of the molecule is CCC(C)n1nccc1NC(=O)CCOc1cc(C)ccc1C. The smallest absolute Gasteiger partial charge is 0.228 e. The van der Waals surface area contributed by atoms with E-state index < -0.39 is 0 Å². The quantitative estimate of drug-likeness (QED) is 0.843. The lowest BCUT2D eigenvalue weighted by Crippen LogP contribution is -2.19. The van der Waals surface area contributed by atoms with Crippen LogP contribution in [0, 0.1) is 13.8 Å². The summed E-state index contributed by atoms with van der Waals surface area (Å²) >= 11 is 0. The molecule has 0 aliphatic heterocycles. The standard InChI is InChI=1S/C18H25N3O2/c1-5-15(4)21-17(8-10-19-21)20-18(22)9-11-23-16-12-13(2)6-7-14(16)3/h6-8,10,12,15H,5,9,11H2,1-4H3,(H,20,22). The van der Waals surface area contributed by atoms with Crippen molar-refractivity contribution in [2.24, 2.45) is 0 Å². The first-order valence-corrected chi connectivity index (χ1v) is 8.04. The molecule has 0 saturated carbocycles. The van der Waals surface area contributed by atoms with Crippen LogP contribution in [0.1, 0.15) is 43.9 Å². The third-order valence-electron chi connectivity index (χ3n) is 3.88. The molecule has 1 amide bonds. The molecule has 1 heterocycles. The fourth-order valence-corrected chi connectivity index (χ4v) is 2.26. The largest absolute Gasteiger partial charge is 0.493 e. The summed E-state index contributed by atoms with van der Waals surface area (Å²) < 4.78 is 7.56. The topological polar surface area (TPSA) is 56.2 Å². The Kier molecular flexibility index (Phi) is 5.79. The van der Waals surface area contributed by atoms with Gasteiger partial charge in [0.1, 0.15) is 11.6 Å². The van der Waals surface area contributed by atoms with E-state index in [4.69, 9.17) is 4.74 Å². The molecule has 23 heavy (non-hydrogen) atoms. The molecule has 2 rings (SSSR count). The second kappa shape index (κ2) is 7.81. The van der Waals surface area contributed by atoms with Crippen LogP contribution < -0.4 is 10.1 Å². The Hall–Kier alpha value is -2.30. The van der Waals surface area contributed by atoms with Gasteiger partial charge in [0.2, 0.25) is 5.91 Å². The van der Waals surface area contributed by atoms with Crippen molar-refractivity contribution >= 4 is 11.7 Å². The molecule has 1 aromatic carbocycles. The Morgan fingerprint density at radius 2 is 2.13 bits per heavy atom. The summed E-state index contributed by atoms with van der Waals surface area (Å²) in [6.45, 7) is 8.55. The van der Waals surface area contributed by atoms with Crippen LogP contribution in [0.2, 0.25) is 0 Å². The maximum absolute atomic E-state index is 12.1. The number of benzene rings is 1. The van der Waals surface area contributed by atoms with Crippen LogP contribution in [0.25, 0.3) is 0 Å². The summed E-state index contributed by atoms with van der Waals surface area (Å²) in [5.41, 5.74) is 2.22. The molecule has 1 unspecified atom stereocenters. The summed E-state index contributed by atoms with van der Waals surface area (Å²) in [6.07, 6.45) is 2.97. The van der Waals surface area contributed by atoms with Crippen LogP contribution >= 0.6 is 0 Å². The van der Waals surface area contributed by atoms with Gasteiger partial charge in [-0.25, -0.2) is 4.68 Å². The number of carbonyl (C=O) groups is 1. The van der Waals surface area contributed by atoms with E-state index in [2.05, 4.69) is 24.3 Å². The van der Waals surface area contributed by atoms with Crippen LogP contribution in [0.5, 0.6) is 5.75 Å². The average Bonchev–Trinajstić information content (AvgIpc) is 2.98. The maximum atomic E-state index is 12.1. The van der Waals surface area contributed by atoms with Crippen LogP contribution in [-0.4, -0.2) is 22.3 Å². The number of hydrogen-bond donors (Lipinski definition) is 1. The van der Waals surface area contributed by atoms with Gasteiger partial charge in [-0.15, -0.1) is 0 Å². The molecule has 1 atom stereocenters. The number of rotatable bonds is 7. The highest BCUT2D eigenvalue weighted by Gasteiger charge is 2.11. The van der Waals surface area contributed by atoms with Gasteiger partial charge in [0.25, 0.3) is 0 Å². The molecular formula is C18H25N3O2. The molecule has 0 saturated heterocycles. The van der Waals surface area contributed by atoms with E-state index >= 15 is 0 Å². The van der Waals surface area contributed by atoms with Gasteiger partial charge in [0, 0.05) is 6.07 Å². The zero-order valence-corrected chi connectivity index (χ0v) is 14.3. The van der Waals surface area contributed by atoms with Gasteiger partial charge in [-0.1, -0.05) is 19.1 Å². The number of hydrogen-bond acceptors (Lipinski definition) is 3. The summed E-state index contributed by atoms with van der Waals surface area (Å²) in [4.78, 5) is 12.1. The van der Waals surface area contributed by atoms with Crippen molar-refractivity contribution in [3.63, 3.8) is 0 Å². The van der Waals surface area contributed by atoms with Crippen molar-refractivity contribution in [1.82, 2.24) is 9.78 Å². The first-order chi connectivity index (χ1) is 11.0. The van der Waals surface area contributed by atoms with E-state index in [9.17, 15) is 4.79 Å². The molecule has 5 heteroatoms. The third kappa shape index (κ3) is 4.58. The highest BCUT2D eigenvalue weighted by Crippen LogP contribution is 2.19. The van der Waals surface area contributed by atoms with Gasteiger partial charge >= 0.3 is 0 Å². The number of amides is 1. The lowest BCUT2D eigenvalue weighted by atomic mass is 10.1. The van der Waals surface area contributed by atoms with Crippen LogP contribution in [-0.2, 0) is 4.79 Å². The lowest BCUT2D eigenvalue weighted by Gasteiger charge is -2.14.